The van der Waals surface area contributed by atoms with E-state index in [1.165, 1.54) is 25.5 Å². The van der Waals surface area contributed by atoms with Gasteiger partial charge in [0, 0.05) is 10.6 Å². The molecule has 0 aromatic heterocycles. The Morgan fingerprint density at radius 1 is 1.25 bits per heavy atom. The van der Waals surface area contributed by atoms with Crippen LogP contribution in [0.4, 0.5) is 0 Å². The summed E-state index contributed by atoms with van der Waals surface area (Å²) in [6.07, 6.45) is 1.19. The van der Waals surface area contributed by atoms with E-state index in [2.05, 4.69) is 15.5 Å². The van der Waals surface area contributed by atoms with Gasteiger partial charge in [-0.1, -0.05) is 46.6 Å². The molecule has 1 unspecified atom stereocenters. The number of aliphatic carboxylic acids is 1. The Bertz CT molecular complexity index is 1090. The first-order valence-electron chi connectivity index (χ1n) is 9.01. The molecule has 0 radical (unpaired) electrons. The van der Waals surface area contributed by atoms with Crippen LogP contribution < -0.4 is 14.8 Å². The number of methoxy groups -OCH3 is 1. The lowest BCUT2D eigenvalue weighted by molar-refractivity contribution is -0.138. The molecule has 1 amide bonds. The first kappa shape index (κ1) is 24.2. The Labute approximate surface area is 202 Å². The minimum absolute atomic E-state index is 0.114. The average molecular weight is 517 g/mol. The summed E-state index contributed by atoms with van der Waals surface area (Å²) in [6, 6.07) is 8.36. The van der Waals surface area contributed by atoms with E-state index in [9.17, 15) is 9.59 Å². The number of thioether (sulfide) groups is 1. The van der Waals surface area contributed by atoms with Crippen LogP contribution in [0.25, 0.3) is 0 Å². The lowest BCUT2D eigenvalue weighted by Crippen LogP contribution is -2.26. The van der Waals surface area contributed by atoms with Gasteiger partial charge in [0.2, 0.25) is 5.91 Å². The zero-order valence-electron chi connectivity index (χ0n) is 16.5. The highest BCUT2D eigenvalue weighted by atomic mass is 35.5. The number of ether oxygens (including phenoxy) is 2. The van der Waals surface area contributed by atoms with Crippen LogP contribution in [-0.4, -0.2) is 40.7 Å². The minimum atomic E-state index is -1.06. The summed E-state index contributed by atoms with van der Waals surface area (Å²) in [5.41, 5.74) is 1.40. The van der Waals surface area contributed by atoms with Gasteiger partial charge in [-0.15, -0.1) is 5.10 Å². The van der Waals surface area contributed by atoms with Gasteiger partial charge in [0.15, 0.2) is 10.9 Å². The number of amides is 1. The normalized spacial score (nSPS) is 17.1. The molecule has 3 rings (SSSR count). The Morgan fingerprint density at radius 2 is 1.97 bits per heavy atom. The maximum atomic E-state index is 11.7. The number of carbonyl (C=O) groups is 2. The Kier molecular flexibility index (Phi) is 8.25. The molecule has 12 heteroatoms. The molecule has 1 aliphatic heterocycles. The lowest BCUT2D eigenvalue weighted by Gasteiger charge is -2.13. The highest BCUT2D eigenvalue weighted by molar-refractivity contribution is 8.15. The van der Waals surface area contributed by atoms with E-state index in [0.717, 1.165) is 11.8 Å². The monoisotopic (exact) mass is 515 g/mol. The fourth-order valence-electron chi connectivity index (χ4n) is 2.70. The topological polar surface area (TPSA) is 110 Å². The molecule has 1 fully saturated rings. The molecule has 0 saturated carbocycles. The number of carboxylic acids is 1. The predicted molar refractivity (Wildman–Crippen MR) is 126 cm³/mol. The number of halogens is 3. The molecule has 168 valence electrons. The second-order valence-corrected chi connectivity index (χ2v) is 8.84. The smallest absolute Gasteiger partial charge is 0.305 e. The molecule has 1 heterocycles. The van der Waals surface area contributed by atoms with Crippen molar-refractivity contribution in [3.05, 3.63) is 56.5 Å². The molecule has 0 spiro atoms. The Balaban J connectivity index is 1.71. The average Bonchev–Trinajstić information content (AvgIpc) is 3.05. The quantitative estimate of drug-likeness (QED) is 0.391. The number of benzene rings is 2. The number of amidine groups is 1. The highest BCUT2D eigenvalue weighted by Crippen LogP contribution is 2.36. The third-order valence-electron chi connectivity index (χ3n) is 4.13. The van der Waals surface area contributed by atoms with Crippen LogP contribution >= 0.6 is 46.6 Å². The van der Waals surface area contributed by atoms with E-state index >= 15 is 0 Å². The molecule has 0 bridgehead atoms. The molecular weight excluding hydrogens is 501 g/mol. The molecule has 1 atom stereocenters. The van der Waals surface area contributed by atoms with E-state index in [1.807, 2.05) is 0 Å². The molecular formula is C20H16Cl3N3O5S. The van der Waals surface area contributed by atoms with E-state index in [4.69, 9.17) is 49.4 Å². The largest absolute Gasteiger partial charge is 0.496 e. The number of nitrogens with one attached hydrogen (secondary N) is 1. The summed E-state index contributed by atoms with van der Waals surface area (Å²) >= 11 is 19.3. The van der Waals surface area contributed by atoms with Gasteiger partial charge < -0.3 is 19.9 Å². The molecule has 2 aromatic rings. The van der Waals surface area contributed by atoms with Crippen molar-refractivity contribution in [2.24, 2.45) is 10.2 Å². The van der Waals surface area contributed by atoms with Crippen molar-refractivity contribution < 1.29 is 24.2 Å². The molecule has 1 saturated heterocycles. The second-order valence-electron chi connectivity index (χ2n) is 6.40. The van der Waals surface area contributed by atoms with Crippen LogP contribution in [0.5, 0.6) is 11.5 Å². The maximum absolute atomic E-state index is 11.7. The van der Waals surface area contributed by atoms with Gasteiger partial charge in [0.1, 0.15) is 17.6 Å². The van der Waals surface area contributed by atoms with Crippen LogP contribution in [0.2, 0.25) is 15.1 Å². The van der Waals surface area contributed by atoms with Crippen LogP contribution in [-0.2, 0) is 16.2 Å². The van der Waals surface area contributed by atoms with Crippen molar-refractivity contribution in [2.75, 3.05) is 7.11 Å². The number of hydrogen-bond acceptors (Lipinski definition) is 7. The Hall–Kier alpha value is -2.46. The number of rotatable bonds is 8. The van der Waals surface area contributed by atoms with Crippen LogP contribution in [0.1, 0.15) is 17.5 Å². The highest BCUT2D eigenvalue weighted by Gasteiger charge is 2.32. The fourth-order valence-corrected chi connectivity index (χ4v) is 4.54. The van der Waals surface area contributed by atoms with Gasteiger partial charge in [-0.2, -0.15) is 5.10 Å². The SMILES string of the molecule is COc1ccc(C=NN=C2NC(=O)C(CC(=O)O)S2)cc1COc1c(Cl)cc(Cl)cc1Cl. The van der Waals surface area contributed by atoms with E-state index in [0.29, 0.717) is 27.6 Å². The number of nitrogens with zero attached hydrogens (tertiary/aromatic N) is 2. The first-order valence-corrected chi connectivity index (χ1v) is 11.0. The minimum Gasteiger partial charge on any atom is -0.496 e. The third kappa shape index (κ3) is 6.29. The van der Waals surface area contributed by atoms with Crippen molar-refractivity contribution in [1.29, 1.82) is 0 Å². The lowest BCUT2D eigenvalue weighted by atomic mass is 10.1. The van der Waals surface area contributed by atoms with E-state index < -0.39 is 17.1 Å². The molecule has 0 aliphatic carbocycles. The van der Waals surface area contributed by atoms with Gasteiger partial charge in [0.05, 0.1) is 29.8 Å². The summed E-state index contributed by atoms with van der Waals surface area (Å²) in [7, 11) is 1.54. The molecule has 8 nitrogen and oxygen atoms in total. The zero-order chi connectivity index (χ0) is 23.3. The van der Waals surface area contributed by atoms with Crippen molar-refractivity contribution in [3.63, 3.8) is 0 Å². The van der Waals surface area contributed by atoms with Gasteiger partial charge >= 0.3 is 5.97 Å². The van der Waals surface area contributed by atoms with Crippen molar-refractivity contribution >= 4 is 69.8 Å². The second kappa shape index (κ2) is 10.9. The van der Waals surface area contributed by atoms with E-state index in [1.54, 1.807) is 18.2 Å². The van der Waals surface area contributed by atoms with Gasteiger partial charge in [0.25, 0.3) is 0 Å². The van der Waals surface area contributed by atoms with Gasteiger partial charge in [-0.25, -0.2) is 0 Å². The first-order chi connectivity index (χ1) is 15.3. The molecule has 1 aliphatic rings. The standard InChI is InChI=1S/C20H16Cl3N3O5S/c1-30-15-3-2-10(8-24-26-20-25-19(29)16(32-20)7-17(27)28)4-11(15)9-31-18-13(22)5-12(21)6-14(18)23/h2-6,8,16H,7,9H2,1H3,(H,27,28)(H,25,26,29). The van der Waals surface area contributed by atoms with Crippen molar-refractivity contribution in [3.8, 4) is 11.5 Å². The number of hydrogen-bond donors (Lipinski definition) is 2. The summed E-state index contributed by atoms with van der Waals surface area (Å²) in [4.78, 5) is 22.5. The summed E-state index contributed by atoms with van der Waals surface area (Å²) in [5.74, 6) is -0.578. The predicted octanol–water partition coefficient (Wildman–Crippen LogP) is 4.63. The molecule has 2 N–H and O–H groups in total. The summed E-state index contributed by atoms with van der Waals surface area (Å²) in [6.45, 7) is 0.114. The van der Waals surface area contributed by atoms with Gasteiger partial charge in [-0.05, 0) is 35.9 Å². The zero-order valence-corrected chi connectivity index (χ0v) is 19.6. The van der Waals surface area contributed by atoms with Gasteiger partial charge in [-0.3, -0.25) is 9.59 Å². The molecule has 32 heavy (non-hydrogen) atoms. The van der Waals surface area contributed by atoms with Crippen LogP contribution in [0, 0.1) is 0 Å². The van der Waals surface area contributed by atoms with Crippen molar-refractivity contribution in [2.45, 2.75) is 18.3 Å². The Morgan fingerprint density at radius 3 is 2.62 bits per heavy atom. The third-order valence-corrected chi connectivity index (χ3v) is 5.98. The molecule has 2 aromatic carbocycles. The maximum Gasteiger partial charge on any atom is 0.305 e. The summed E-state index contributed by atoms with van der Waals surface area (Å²) in [5, 5.41) is 19.7. The summed E-state index contributed by atoms with van der Waals surface area (Å²) < 4.78 is 11.1. The van der Waals surface area contributed by atoms with Crippen LogP contribution in [0.15, 0.2) is 40.5 Å². The van der Waals surface area contributed by atoms with Crippen LogP contribution in [0.3, 0.4) is 0 Å². The van der Waals surface area contributed by atoms with Crippen molar-refractivity contribution in [1.82, 2.24) is 5.32 Å². The number of carboxylic acid groups (broad SMARTS) is 1. The van der Waals surface area contributed by atoms with E-state index in [-0.39, 0.29) is 28.2 Å². The fraction of sp³-hybridized carbons (Fsp3) is 0.200. The number of carbonyl (C=O) groups excluding carboxylic acids is 1.